The maximum absolute atomic E-state index is 14.9. The zero-order valence-corrected chi connectivity index (χ0v) is 38.0. The number of nitrogens with one attached hydrogen (secondary N) is 4. The monoisotopic (exact) mass is 866 g/mol. The number of hydrogen-bond donors (Lipinski definition) is 4. The predicted molar refractivity (Wildman–Crippen MR) is 240 cm³/mol. The van der Waals surface area contributed by atoms with Gasteiger partial charge >= 0.3 is 0 Å². The second-order valence-electron chi connectivity index (χ2n) is 20.5. The van der Waals surface area contributed by atoms with E-state index in [-0.39, 0.29) is 35.4 Å². The van der Waals surface area contributed by atoms with Crippen LogP contribution in [0.5, 0.6) is 0 Å². The summed E-state index contributed by atoms with van der Waals surface area (Å²) >= 11 is 0. The molecule has 2 unspecified atom stereocenters. The van der Waals surface area contributed by atoms with Crippen molar-refractivity contribution < 1.29 is 28.8 Å². The molecule has 8 atom stereocenters. The van der Waals surface area contributed by atoms with Crippen molar-refractivity contribution in [3.8, 4) is 0 Å². The molecule has 4 aliphatic carbocycles. The van der Waals surface area contributed by atoms with Crippen LogP contribution in [0.1, 0.15) is 165 Å². The van der Waals surface area contributed by atoms with Gasteiger partial charge in [-0.2, -0.15) is 0 Å². The molecule has 13 heteroatoms. The van der Waals surface area contributed by atoms with E-state index in [2.05, 4.69) is 61.6 Å². The first-order chi connectivity index (χ1) is 30.3. The lowest BCUT2D eigenvalue weighted by Gasteiger charge is -2.38. The van der Waals surface area contributed by atoms with Crippen LogP contribution in [0, 0.1) is 29.1 Å². The fourth-order valence-corrected chi connectivity index (χ4v) is 11.0. The number of fused-ring (bicyclic) bond motifs is 1. The Balaban J connectivity index is 1.02. The smallest absolute Gasteiger partial charge is 0.289 e. The number of Topliss-reactive ketones (excluding diaryl/α,β-unsaturated/α-hetero) is 1. The van der Waals surface area contributed by atoms with Crippen LogP contribution in [0.4, 0.5) is 0 Å². The van der Waals surface area contributed by atoms with Gasteiger partial charge in [-0.1, -0.05) is 103 Å². The van der Waals surface area contributed by atoms with Gasteiger partial charge in [0.1, 0.15) is 23.8 Å². The van der Waals surface area contributed by atoms with Gasteiger partial charge < -0.3 is 26.2 Å². The van der Waals surface area contributed by atoms with Crippen LogP contribution in [0.15, 0.2) is 42.7 Å². The van der Waals surface area contributed by atoms with E-state index in [4.69, 9.17) is 0 Å². The average Bonchev–Trinajstić information content (AvgIpc) is 3.93. The fourth-order valence-electron chi connectivity index (χ4n) is 11.0. The summed E-state index contributed by atoms with van der Waals surface area (Å²) in [5.74, 6) is -2.10. The molecular weight excluding hydrogens is 795 g/mol. The van der Waals surface area contributed by atoms with E-state index in [1.54, 1.807) is 11.1 Å². The van der Waals surface area contributed by atoms with E-state index in [1.807, 2.05) is 27.7 Å². The Kier molecular flexibility index (Phi) is 15.3. The molecule has 63 heavy (non-hydrogen) atoms. The van der Waals surface area contributed by atoms with Crippen molar-refractivity contribution in [1.82, 2.24) is 36.1 Å². The molecule has 1 aromatic carbocycles. The van der Waals surface area contributed by atoms with Crippen molar-refractivity contribution in [2.75, 3.05) is 6.54 Å². The highest BCUT2D eigenvalue weighted by atomic mass is 16.2. The number of likely N-dealkylation sites (tertiary alicyclic amines) is 1. The number of ketones is 1. The maximum Gasteiger partial charge on any atom is 0.289 e. The van der Waals surface area contributed by atoms with Crippen LogP contribution in [0.25, 0.3) is 0 Å². The molecule has 0 radical (unpaired) electrons. The van der Waals surface area contributed by atoms with Crippen molar-refractivity contribution in [3.05, 3.63) is 59.7 Å². The molecule has 1 aliphatic heterocycles. The minimum atomic E-state index is -1.01. The summed E-state index contributed by atoms with van der Waals surface area (Å²) < 4.78 is 0. The van der Waals surface area contributed by atoms with Crippen LogP contribution in [0.3, 0.4) is 0 Å². The molecule has 4 saturated carbocycles. The standard InChI is InChI=1S/C50H71N7O6/c1-5-14-39(43(58)48(62)53-36-25-26-36)54-47(61)42-38-22-13-21-35(38)30-57(42)49(63)44(50(2,3)4)56-46(60)41(34-18-10-7-11-19-34)55-45(59)40-29-51-37(28-52-40)27-31-15-12-20-33(24-23-31)32-16-8-6-9-17-32/h6,8-9,16-17,28-29,31,33-36,38-39,41-42,44H,5,7,10-15,18-27,30H2,1-4H3,(H,53,62)(H,54,61)(H,55,59)(H,56,60)/t31?,33?,35-,38-,39-,41-,42-,44+/m0/s1. The molecule has 2 heterocycles. The SMILES string of the molecule is CCC[C@H](NC(=O)[C@@H]1[C@H]2CCC[C@H]2CN1C(=O)[C@@H](NC(=O)[C@@H](NC(=O)c1cnc(CC2CCCC(c3ccccc3)CC2)cn1)C1CCCCC1)C(C)(C)C)C(=O)C(=O)NC1CC1. The lowest BCUT2D eigenvalue weighted by Crippen LogP contribution is -2.62. The summed E-state index contributed by atoms with van der Waals surface area (Å²) in [6.45, 7) is 7.92. The molecule has 0 spiro atoms. The third-order valence-corrected chi connectivity index (χ3v) is 14.7. The molecule has 1 saturated heterocycles. The Bertz CT molecular complexity index is 1920. The lowest BCUT2D eigenvalue weighted by molar-refractivity contribution is -0.146. The van der Waals surface area contributed by atoms with E-state index >= 15 is 0 Å². The largest absolute Gasteiger partial charge is 0.347 e. The summed E-state index contributed by atoms with van der Waals surface area (Å²) in [5, 5.41) is 11.7. The lowest BCUT2D eigenvalue weighted by atomic mass is 9.82. The van der Waals surface area contributed by atoms with Crippen LogP contribution >= 0.6 is 0 Å². The molecule has 5 amide bonds. The number of rotatable bonds is 16. The normalized spacial score (nSPS) is 25.5. The predicted octanol–water partition coefficient (Wildman–Crippen LogP) is 6.35. The van der Waals surface area contributed by atoms with Crippen LogP contribution in [0.2, 0.25) is 0 Å². The summed E-state index contributed by atoms with van der Waals surface area (Å²) in [4.78, 5) is 94.5. The molecule has 7 rings (SSSR count). The molecule has 342 valence electrons. The third kappa shape index (κ3) is 11.7. The van der Waals surface area contributed by atoms with E-state index in [9.17, 15) is 28.8 Å². The summed E-state index contributed by atoms with van der Waals surface area (Å²) in [5.41, 5.74) is 1.66. The minimum Gasteiger partial charge on any atom is -0.347 e. The second-order valence-corrected chi connectivity index (χ2v) is 20.5. The molecule has 4 N–H and O–H groups in total. The maximum atomic E-state index is 14.9. The molecule has 0 bridgehead atoms. The Hall–Kier alpha value is -4.68. The van der Waals surface area contributed by atoms with Crippen molar-refractivity contribution in [3.63, 3.8) is 0 Å². The van der Waals surface area contributed by atoms with Gasteiger partial charge in [-0.25, -0.2) is 4.98 Å². The van der Waals surface area contributed by atoms with Crippen LogP contribution in [-0.2, 0) is 30.4 Å². The quantitative estimate of drug-likeness (QED) is 0.111. The molecular formula is C50H71N7O6. The second kappa shape index (κ2) is 20.9. The van der Waals surface area contributed by atoms with Gasteiger partial charge in [0.25, 0.3) is 11.8 Å². The van der Waals surface area contributed by atoms with Gasteiger partial charge in [0.15, 0.2) is 0 Å². The first kappa shape index (κ1) is 46.3. The molecule has 5 fully saturated rings. The van der Waals surface area contributed by atoms with E-state index < -0.39 is 59.0 Å². The Morgan fingerprint density at radius 3 is 2.21 bits per heavy atom. The highest BCUT2D eigenvalue weighted by Crippen LogP contribution is 2.43. The average molecular weight is 866 g/mol. The Morgan fingerprint density at radius 2 is 1.52 bits per heavy atom. The number of hydrogen-bond acceptors (Lipinski definition) is 8. The number of nitrogens with zero attached hydrogens (tertiary/aromatic N) is 3. The van der Waals surface area contributed by atoms with Gasteiger partial charge in [-0.3, -0.25) is 33.8 Å². The molecule has 5 aliphatic rings. The van der Waals surface area contributed by atoms with E-state index in [0.717, 1.165) is 95.6 Å². The van der Waals surface area contributed by atoms with Crippen molar-refractivity contribution in [2.24, 2.45) is 29.1 Å². The highest BCUT2D eigenvalue weighted by molar-refractivity contribution is 6.38. The van der Waals surface area contributed by atoms with Gasteiger partial charge in [-0.05, 0) is 111 Å². The summed E-state index contributed by atoms with van der Waals surface area (Å²) in [6.07, 6.45) is 19.4. The van der Waals surface area contributed by atoms with E-state index in [0.29, 0.717) is 31.2 Å². The Labute approximate surface area is 373 Å². The fraction of sp³-hybridized carbons (Fsp3) is 0.680. The number of carbonyl (C=O) groups is 6. The van der Waals surface area contributed by atoms with Crippen LogP contribution in [-0.4, -0.2) is 86.9 Å². The third-order valence-electron chi connectivity index (χ3n) is 14.7. The van der Waals surface area contributed by atoms with Crippen molar-refractivity contribution in [1.29, 1.82) is 0 Å². The van der Waals surface area contributed by atoms with Crippen molar-refractivity contribution >= 4 is 35.3 Å². The van der Waals surface area contributed by atoms with Gasteiger partial charge in [0.05, 0.1) is 17.9 Å². The molecule has 13 nitrogen and oxygen atoms in total. The Morgan fingerprint density at radius 1 is 0.778 bits per heavy atom. The minimum absolute atomic E-state index is 0.00732. The highest BCUT2D eigenvalue weighted by Gasteiger charge is 2.52. The van der Waals surface area contributed by atoms with E-state index in [1.165, 1.54) is 24.6 Å². The van der Waals surface area contributed by atoms with Gasteiger partial charge in [0.2, 0.25) is 23.5 Å². The zero-order valence-electron chi connectivity index (χ0n) is 38.0. The topological polar surface area (TPSA) is 180 Å². The summed E-state index contributed by atoms with van der Waals surface area (Å²) in [6, 6.07) is 7.03. The van der Waals surface area contributed by atoms with Crippen molar-refractivity contribution in [2.45, 2.75) is 179 Å². The van der Waals surface area contributed by atoms with Gasteiger partial charge in [0, 0.05) is 18.8 Å². The first-order valence-electron chi connectivity index (χ1n) is 24.2. The molecule has 2 aromatic rings. The number of aromatic nitrogens is 2. The number of amides is 5. The molecule has 1 aromatic heterocycles. The summed E-state index contributed by atoms with van der Waals surface area (Å²) in [7, 11) is 0. The first-order valence-corrected chi connectivity index (χ1v) is 24.2. The number of benzene rings is 1. The van der Waals surface area contributed by atoms with Crippen LogP contribution < -0.4 is 21.3 Å². The van der Waals surface area contributed by atoms with Gasteiger partial charge in [-0.15, -0.1) is 0 Å². The number of carbonyl (C=O) groups excluding carboxylic acids is 6. The zero-order chi connectivity index (χ0) is 44.7.